The number of aromatic nitrogens is 1. The maximum Gasteiger partial charge on any atom is 0.256 e. The lowest BCUT2D eigenvalue weighted by Gasteiger charge is -2.21. The number of hydrogen-bond donors (Lipinski definition) is 2. The van der Waals surface area contributed by atoms with Crippen molar-refractivity contribution in [2.75, 3.05) is 0 Å². The molecule has 0 radical (unpaired) electrons. The van der Waals surface area contributed by atoms with Crippen LogP contribution in [0, 0.1) is 0 Å². The molecule has 0 aliphatic heterocycles. The third-order valence-corrected chi connectivity index (χ3v) is 4.14. The average Bonchev–Trinajstić information content (AvgIpc) is 2.68. The van der Waals surface area contributed by atoms with E-state index in [2.05, 4.69) is 4.98 Å². The summed E-state index contributed by atoms with van der Waals surface area (Å²) in [4.78, 5) is 15.1. The third kappa shape index (κ3) is 1.25. The van der Waals surface area contributed by atoms with Gasteiger partial charge in [-0.25, -0.2) is 0 Å². The van der Waals surface area contributed by atoms with Crippen LogP contribution < -0.4 is 5.56 Å². The number of fused-ring (bicyclic) bond motifs is 5. The summed E-state index contributed by atoms with van der Waals surface area (Å²) >= 11 is 0. The molecule has 98 valence electrons. The van der Waals surface area contributed by atoms with Crippen LogP contribution in [-0.4, -0.2) is 10.1 Å². The number of rotatable bonds is 0. The zero-order valence-electron chi connectivity index (χ0n) is 11.0. The molecule has 4 rings (SSSR count). The second-order valence-corrected chi connectivity index (χ2v) is 5.37. The normalized spacial score (nSPS) is 19.9. The summed E-state index contributed by atoms with van der Waals surface area (Å²) in [6.45, 7) is 1.78. The van der Waals surface area contributed by atoms with Crippen LogP contribution in [-0.2, 0) is 5.60 Å². The molecule has 1 atom stereocenters. The van der Waals surface area contributed by atoms with Gasteiger partial charge < -0.3 is 10.1 Å². The first-order chi connectivity index (χ1) is 9.60. The largest absolute Gasteiger partial charge is 0.381 e. The molecule has 0 amide bonds. The number of aromatic amines is 1. The van der Waals surface area contributed by atoms with Crippen molar-refractivity contribution in [3.8, 4) is 11.3 Å². The molecule has 0 saturated heterocycles. The van der Waals surface area contributed by atoms with Crippen molar-refractivity contribution in [1.29, 1.82) is 0 Å². The lowest BCUT2D eigenvalue weighted by Crippen LogP contribution is -2.21. The summed E-state index contributed by atoms with van der Waals surface area (Å²) in [6.07, 6.45) is 0. The molecular weight excluding hydrogens is 250 g/mol. The van der Waals surface area contributed by atoms with E-state index in [1.54, 1.807) is 13.0 Å². The van der Waals surface area contributed by atoms with Gasteiger partial charge in [-0.05, 0) is 23.9 Å². The highest BCUT2D eigenvalue weighted by Gasteiger charge is 2.39. The SMILES string of the molecule is C[C@]1(O)c2ccccc2-c2[nH]c(=O)c3ccccc3c21. The Morgan fingerprint density at radius 2 is 1.65 bits per heavy atom. The second-order valence-electron chi connectivity index (χ2n) is 5.37. The number of nitrogens with one attached hydrogen (secondary N) is 1. The van der Waals surface area contributed by atoms with Gasteiger partial charge in [0.05, 0.1) is 5.69 Å². The number of hydrogen-bond acceptors (Lipinski definition) is 2. The predicted octanol–water partition coefficient (Wildman–Crippen LogP) is 2.76. The van der Waals surface area contributed by atoms with Gasteiger partial charge in [-0.1, -0.05) is 42.5 Å². The average molecular weight is 263 g/mol. The highest BCUT2D eigenvalue weighted by molar-refractivity contribution is 5.94. The number of pyridine rings is 1. The molecule has 1 aliphatic rings. The second kappa shape index (κ2) is 3.58. The third-order valence-electron chi connectivity index (χ3n) is 4.14. The van der Waals surface area contributed by atoms with Gasteiger partial charge >= 0.3 is 0 Å². The molecule has 0 saturated carbocycles. The van der Waals surface area contributed by atoms with Crippen LogP contribution in [0.25, 0.3) is 22.0 Å². The Bertz CT molecular complexity index is 906. The lowest BCUT2D eigenvalue weighted by atomic mass is 9.91. The molecule has 1 heterocycles. The Kier molecular flexibility index (Phi) is 2.05. The van der Waals surface area contributed by atoms with E-state index in [9.17, 15) is 9.90 Å². The van der Waals surface area contributed by atoms with Gasteiger partial charge in [0.25, 0.3) is 5.56 Å². The minimum atomic E-state index is -1.09. The van der Waals surface area contributed by atoms with Crippen molar-refractivity contribution < 1.29 is 5.11 Å². The Balaban J connectivity index is 2.26. The highest BCUT2D eigenvalue weighted by atomic mass is 16.3. The minimum Gasteiger partial charge on any atom is -0.381 e. The Labute approximate surface area is 115 Å². The Morgan fingerprint density at radius 1 is 1.00 bits per heavy atom. The molecule has 0 spiro atoms. The fourth-order valence-corrected chi connectivity index (χ4v) is 3.25. The van der Waals surface area contributed by atoms with Gasteiger partial charge in [-0.3, -0.25) is 4.79 Å². The van der Waals surface area contributed by atoms with Gasteiger partial charge in [-0.15, -0.1) is 0 Å². The quantitative estimate of drug-likeness (QED) is 0.655. The van der Waals surface area contributed by atoms with Crippen LogP contribution in [0.5, 0.6) is 0 Å². The standard InChI is InChI=1S/C17H13NO2/c1-17(20)13-9-5-4-8-12(13)15-14(17)10-6-2-3-7-11(10)16(19)18-15/h2-9,20H,1H3,(H,18,19)/t17-/m0/s1. The van der Waals surface area contributed by atoms with E-state index in [0.29, 0.717) is 5.39 Å². The minimum absolute atomic E-state index is 0.119. The van der Waals surface area contributed by atoms with Crippen LogP contribution >= 0.6 is 0 Å². The summed E-state index contributed by atoms with van der Waals surface area (Å²) in [5, 5.41) is 12.4. The first-order valence-corrected chi connectivity index (χ1v) is 6.58. The smallest absolute Gasteiger partial charge is 0.256 e. The summed E-state index contributed by atoms with van der Waals surface area (Å²) in [7, 11) is 0. The van der Waals surface area contributed by atoms with Gasteiger partial charge in [0.15, 0.2) is 0 Å². The molecule has 1 aliphatic carbocycles. The van der Waals surface area contributed by atoms with Gasteiger partial charge in [-0.2, -0.15) is 0 Å². The zero-order valence-corrected chi connectivity index (χ0v) is 11.0. The number of aliphatic hydroxyl groups is 1. The first kappa shape index (κ1) is 11.4. The fraction of sp³-hybridized carbons (Fsp3) is 0.118. The van der Waals surface area contributed by atoms with Gasteiger partial charge in [0.2, 0.25) is 0 Å². The van der Waals surface area contributed by atoms with Crippen molar-refractivity contribution in [3.63, 3.8) is 0 Å². The highest BCUT2D eigenvalue weighted by Crippen LogP contribution is 2.47. The van der Waals surface area contributed by atoms with Crippen molar-refractivity contribution in [1.82, 2.24) is 4.98 Å². The van der Waals surface area contributed by atoms with Crippen LogP contribution in [0.3, 0.4) is 0 Å². The van der Waals surface area contributed by atoms with E-state index in [1.807, 2.05) is 42.5 Å². The fourth-order valence-electron chi connectivity index (χ4n) is 3.25. The molecule has 0 fully saturated rings. The molecule has 2 N–H and O–H groups in total. The van der Waals surface area contributed by atoms with Crippen molar-refractivity contribution in [3.05, 3.63) is 70.0 Å². The molecule has 1 aromatic heterocycles. The van der Waals surface area contributed by atoms with Crippen LogP contribution in [0.2, 0.25) is 0 Å². The van der Waals surface area contributed by atoms with Crippen molar-refractivity contribution in [2.45, 2.75) is 12.5 Å². The first-order valence-electron chi connectivity index (χ1n) is 6.58. The van der Waals surface area contributed by atoms with Gasteiger partial charge in [0.1, 0.15) is 5.60 Å². The van der Waals surface area contributed by atoms with E-state index in [-0.39, 0.29) is 5.56 Å². The topological polar surface area (TPSA) is 53.1 Å². The zero-order chi connectivity index (χ0) is 13.9. The van der Waals surface area contributed by atoms with Crippen LogP contribution in [0.1, 0.15) is 18.1 Å². The molecule has 0 bridgehead atoms. The molecule has 3 nitrogen and oxygen atoms in total. The molecular formula is C17H13NO2. The van der Waals surface area contributed by atoms with E-state index in [1.165, 1.54) is 0 Å². The summed E-state index contributed by atoms with van der Waals surface area (Å²) in [5.41, 5.74) is 2.04. The molecule has 3 heteroatoms. The maximum atomic E-state index is 12.2. The van der Waals surface area contributed by atoms with E-state index in [4.69, 9.17) is 0 Å². The summed E-state index contributed by atoms with van der Waals surface area (Å²) in [6, 6.07) is 15.1. The van der Waals surface area contributed by atoms with Crippen LogP contribution in [0.15, 0.2) is 53.3 Å². The van der Waals surface area contributed by atoms with Crippen molar-refractivity contribution in [2.24, 2.45) is 0 Å². The Hall–Kier alpha value is -2.39. The molecule has 2 aromatic carbocycles. The van der Waals surface area contributed by atoms with Crippen LogP contribution in [0.4, 0.5) is 0 Å². The molecule has 20 heavy (non-hydrogen) atoms. The van der Waals surface area contributed by atoms with Crippen molar-refractivity contribution >= 4 is 10.8 Å². The summed E-state index contributed by atoms with van der Waals surface area (Å²) in [5.74, 6) is 0. The predicted molar refractivity (Wildman–Crippen MR) is 78.7 cm³/mol. The Morgan fingerprint density at radius 3 is 2.45 bits per heavy atom. The number of H-pyrrole nitrogens is 1. The molecule has 3 aromatic rings. The maximum absolute atomic E-state index is 12.2. The van der Waals surface area contributed by atoms with E-state index >= 15 is 0 Å². The molecule has 0 unspecified atom stereocenters. The van der Waals surface area contributed by atoms with E-state index in [0.717, 1.165) is 27.8 Å². The van der Waals surface area contributed by atoms with E-state index < -0.39 is 5.60 Å². The van der Waals surface area contributed by atoms with Gasteiger partial charge in [0, 0.05) is 16.5 Å². The summed E-state index contributed by atoms with van der Waals surface area (Å²) < 4.78 is 0. The lowest BCUT2D eigenvalue weighted by molar-refractivity contribution is 0.109. The monoisotopic (exact) mass is 263 g/mol. The number of benzene rings is 2.